The average molecular weight is 323 g/mol. The molecule has 0 bridgehead atoms. The summed E-state index contributed by atoms with van der Waals surface area (Å²) < 4.78 is 0.995. The molecule has 1 amide bonds. The Balaban J connectivity index is 3.19. The van der Waals surface area contributed by atoms with Crippen molar-refractivity contribution in [1.82, 2.24) is 4.90 Å². The van der Waals surface area contributed by atoms with E-state index in [1.54, 1.807) is 26.2 Å². The summed E-state index contributed by atoms with van der Waals surface area (Å²) in [5.41, 5.74) is 0.520. The van der Waals surface area contributed by atoms with Crippen molar-refractivity contribution >= 4 is 37.8 Å². The number of aromatic hydroxyl groups is 1. The summed E-state index contributed by atoms with van der Waals surface area (Å²) in [5.74, 6) is -0.00768. The topological polar surface area (TPSA) is 40.5 Å². The second-order valence-corrected chi connectivity index (χ2v) is 4.70. The van der Waals surface area contributed by atoms with Gasteiger partial charge in [-0.2, -0.15) is 0 Å². The standard InChI is InChI=1S/C9H9Br2NO2/c1-12(2)9(14)5-3-6(10)8(13)7(11)4-5/h3-4,13H,1-2H3. The summed E-state index contributed by atoms with van der Waals surface area (Å²) in [4.78, 5) is 13.0. The van der Waals surface area contributed by atoms with Gasteiger partial charge in [0.25, 0.3) is 5.91 Å². The SMILES string of the molecule is CN(C)C(=O)c1cc(Br)c(O)c(Br)c1. The Hall–Kier alpha value is -0.550. The van der Waals surface area contributed by atoms with Gasteiger partial charge < -0.3 is 10.0 Å². The van der Waals surface area contributed by atoms with E-state index in [1.807, 2.05) is 0 Å². The van der Waals surface area contributed by atoms with Gasteiger partial charge in [0, 0.05) is 19.7 Å². The van der Waals surface area contributed by atoms with E-state index < -0.39 is 0 Å². The quantitative estimate of drug-likeness (QED) is 0.863. The van der Waals surface area contributed by atoms with Crippen LogP contribution >= 0.6 is 31.9 Å². The number of amides is 1. The lowest BCUT2D eigenvalue weighted by atomic mass is 10.2. The highest BCUT2D eigenvalue weighted by Crippen LogP contribution is 2.33. The van der Waals surface area contributed by atoms with Crippen LogP contribution in [0.1, 0.15) is 10.4 Å². The van der Waals surface area contributed by atoms with Crippen molar-refractivity contribution < 1.29 is 9.90 Å². The Labute approximate surface area is 99.0 Å². The number of phenolic OH excluding ortho intramolecular Hbond substituents is 1. The molecule has 1 rings (SSSR count). The number of hydrogen-bond acceptors (Lipinski definition) is 2. The summed E-state index contributed by atoms with van der Waals surface area (Å²) in [6.07, 6.45) is 0. The molecule has 1 N–H and O–H groups in total. The van der Waals surface area contributed by atoms with Crippen LogP contribution in [0.25, 0.3) is 0 Å². The fraction of sp³-hybridized carbons (Fsp3) is 0.222. The van der Waals surface area contributed by atoms with Crippen LogP contribution in [0, 0.1) is 0 Å². The zero-order chi connectivity index (χ0) is 10.9. The first-order valence-corrected chi connectivity index (χ1v) is 5.41. The van der Waals surface area contributed by atoms with Crippen LogP contribution in [0.5, 0.6) is 5.75 Å². The van der Waals surface area contributed by atoms with Gasteiger partial charge in [0.1, 0.15) is 5.75 Å². The third-order valence-electron chi connectivity index (χ3n) is 1.67. The molecular formula is C9H9Br2NO2. The van der Waals surface area contributed by atoms with Crippen LogP contribution in [0.3, 0.4) is 0 Å². The van der Waals surface area contributed by atoms with E-state index >= 15 is 0 Å². The first kappa shape index (κ1) is 11.5. The predicted molar refractivity (Wildman–Crippen MR) is 61.5 cm³/mol. The average Bonchev–Trinajstić information content (AvgIpc) is 2.12. The Bertz CT molecular complexity index is 354. The third-order valence-corrected chi connectivity index (χ3v) is 2.88. The summed E-state index contributed by atoms with van der Waals surface area (Å²) in [5, 5.41) is 9.43. The van der Waals surface area contributed by atoms with Crippen molar-refractivity contribution in [3.05, 3.63) is 26.6 Å². The van der Waals surface area contributed by atoms with Gasteiger partial charge in [-0.3, -0.25) is 4.79 Å². The van der Waals surface area contributed by atoms with E-state index in [0.29, 0.717) is 14.5 Å². The largest absolute Gasteiger partial charge is 0.506 e. The maximum Gasteiger partial charge on any atom is 0.253 e. The van der Waals surface area contributed by atoms with Gasteiger partial charge in [0.05, 0.1) is 8.95 Å². The lowest BCUT2D eigenvalue weighted by Gasteiger charge is -2.11. The summed E-state index contributed by atoms with van der Waals surface area (Å²) >= 11 is 6.33. The van der Waals surface area contributed by atoms with Crippen LogP contribution in [-0.2, 0) is 0 Å². The maximum absolute atomic E-state index is 11.6. The lowest BCUT2D eigenvalue weighted by Crippen LogP contribution is -2.21. The number of phenols is 1. The van der Waals surface area contributed by atoms with Gasteiger partial charge in [-0.25, -0.2) is 0 Å². The molecule has 0 aliphatic heterocycles. The molecule has 0 atom stereocenters. The van der Waals surface area contributed by atoms with Gasteiger partial charge in [-0.1, -0.05) is 0 Å². The minimum Gasteiger partial charge on any atom is -0.506 e. The van der Waals surface area contributed by atoms with Gasteiger partial charge in [-0.15, -0.1) is 0 Å². The molecule has 1 aromatic rings. The van der Waals surface area contributed by atoms with E-state index in [9.17, 15) is 9.90 Å². The van der Waals surface area contributed by atoms with E-state index in [1.165, 1.54) is 4.90 Å². The minimum absolute atomic E-state index is 0.0975. The smallest absolute Gasteiger partial charge is 0.253 e. The molecule has 0 radical (unpaired) electrons. The van der Waals surface area contributed by atoms with Gasteiger partial charge in [0.15, 0.2) is 0 Å². The molecule has 76 valence electrons. The van der Waals surface area contributed by atoms with Crippen LogP contribution in [0.15, 0.2) is 21.1 Å². The zero-order valence-corrected chi connectivity index (χ0v) is 10.9. The van der Waals surface area contributed by atoms with Gasteiger partial charge in [0.2, 0.25) is 0 Å². The third kappa shape index (κ3) is 2.27. The lowest BCUT2D eigenvalue weighted by molar-refractivity contribution is 0.0827. The van der Waals surface area contributed by atoms with Crippen molar-refractivity contribution in [3.8, 4) is 5.75 Å². The number of carbonyl (C=O) groups excluding carboxylic acids is 1. The number of rotatable bonds is 1. The normalized spacial score (nSPS) is 10.0. The molecule has 5 heteroatoms. The fourth-order valence-electron chi connectivity index (χ4n) is 0.947. The molecule has 14 heavy (non-hydrogen) atoms. The van der Waals surface area contributed by atoms with Crippen LogP contribution in [-0.4, -0.2) is 30.0 Å². The Morgan fingerprint density at radius 1 is 1.29 bits per heavy atom. The van der Waals surface area contributed by atoms with E-state index in [2.05, 4.69) is 31.9 Å². The monoisotopic (exact) mass is 321 g/mol. The van der Waals surface area contributed by atoms with E-state index in [-0.39, 0.29) is 11.7 Å². The van der Waals surface area contributed by atoms with Crippen molar-refractivity contribution in [2.45, 2.75) is 0 Å². The highest BCUT2D eigenvalue weighted by Gasteiger charge is 2.12. The molecule has 0 spiro atoms. The summed E-state index contributed by atoms with van der Waals surface area (Å²) in [6.45, 7) is 0. The predicted octanol–water partition coefficient (Wildman–Crippen LogP) is 2.62. The number of halogens is 2. The highest BCUT2D eigenvalue weighted by atomic mass is 79.9. The highest BCUT2D eigenvalue weighted by molar-refractivity contribution is 9.11. The second-order valence-electron chi connectivity index (χ2n) is 2.99. The second kappa shape index (κ2) is 4.31. The first-order chi connectivity index (χ1) is 6.43. The molecule has 0 aromatic heterocycles. The number of benzene rings is 1. The van der Waals surface area contributed by atoms with Crippen molar-refractivity contribution in [2.24, 2.45) is 0 Å². The molecule has 0 heterocycles. The minimum atomic E-state index is -0.105. The fourth-order valence-corrected chi connectivity index (χ4v) is 2.13. The molecule has 0 unspecified atom stereocenters. The van der Waals surface area contributed by atoms with Crippen molar-refractivity contribution in [1.29, 1.82) is 0 Å². The summed E-state index contributed by atoms with van der Waals surface area (Å²) in [6, 6.07) is 3.17. The molecular weight excluding hydrogens is 314 g/mol. The Morgan fingerprint density at radius 2 is 1.71 bits per heavy atom. The van der Waals surface area contributed by atoms with Crippen LogP contribution in [0.2, 0.25) is 0 Å². The van der Waals surface area contributed by atoms with Crippen LogP contribution in [0.4, 0.5) is 0 Å². The Morgan fingerprint density at radius 3 is 2.07 bits per heavy atom. The van der Waals surface area contributed by atoms with E-state index in [0.717, 1.165) is 0 Å². The molecule has 1 aromatic carbocycles. The van der Waals surface area contributed by atoms with E-state index in [4.69, 9.17) is 0 Å². The number of carbonyl (C=O) groups is 1. The molecule has 3 nitrogen and oxygen atoms in total. The molecule has 0 fully saturated rings. The van der Waals surface area contributed by atoms with Crippen molar-refractivity contribution in [2.75, 3.05) is 14.1 Å². The van der Waals surface area contributed by atoms with Crippen LogP contribution < -0.4 is 0 Å². The summed E-state index contributed by atoms with van der Waals surface area (Å²) in [7, 11) is 3.36. The molecule has 0 aliphatic rings. The Kier molecular flexibility index (Phi) is 3.55. The van der Waals surface area contributed by atoms with Gasteiger partial charge >= 0.3 is 0 Å². The zero-order valence-electron chi connectivity index (χ0n) is 7.71. The van der Waals surface area contributed by atoms with Gasteiger partial charge in [-0.05, 0) is 44.0 Å². The number of hydrogen-bond donors (Lipinski definition) is 1. The number of nitrogens with zero attached hydrogens (tertiary/aromatic N) is 1. The molecule has 0 saturated carbocycles. The maximum atomic E-state index is 11.6. The molecule has 0 saturated heterocycles. The first-order valence-electron chi connectivity index (χ1n) is 3.83. The molecule has 0 aliphatic carbocycles. The van der Waals surface area contributed by atoms with Crippen molar-refractivity contribution in [3.63, 3.8) is 0 Å².